The van der Waals surface area contributed by atoms with Crippen molar-refractivity contribution in [1.82, 2.24) is 9.97 Å². The molecule has 1 atom stereocenters. The zero-order chi connectivity index (χ0) is 10.7. The number of anilines is 1. The van der Waals surface area contributed by atoms with Crippen molar-refractivity contribution >= 4 is 17.6 Å². The highest BCUT2D eigenvalue weighted by atomic mass is 32.2. The van der Waals surface area contributed by atoms with Crippen molar-refractivity contribution in [3.8, 4) is 0 Å². The highest BCUT2D eigenvalue weighted by Crippen LogP contribution is 2.21. The third-order valence-electron chi connectivity index (χ3n) is 2.42. The first kappa shape index (κ1) is 10.7. The van der Waals surface area contributed by atoms with Crippen LogP contribution in [-0.2, 0) is 6.61 Å². The van der Waals surface area contributed by atoms with Crippen molar-refractivity contribution in [2.75, 3.05) is 23.7 Å². The number of aliphatic hydroxyl groups excluding tert-OH is 1. The van der Waals surface area contributed by atoms with Gasteiger partial charge in [0.05, 0.1) is 24.7 Å². The molecule has 2 rings (SSSR count). The highest BCUT2D eigenvalue weighted by Gasteiger charge is 2.17. The summed E-state index contributed by atoms with van der Waals surface area (Å²) in [5, 5.41) is 9.51. The van der Waals surface area contributed by atoms with Crippen LogP contribution in [0.15, 0.2) is 12.4 Å². The molecule has 1 unspecified atom stereocenters. The van der Waals surface area contributed by atoms with Gasteiger partial charge < -0.3 is 10.0 Å². The summed E-state index contributed by atoms with van der Waals surface area (Å²) in [6.45, 7) is 4.24. The Bertz CT molecular complexity index is 317. The topological polar surface area (TPSA) is 49.2 Å². The van der Waals surface area contributed by atoms with Crippen LogP contribution in [0.25, 0.3) is 0 Å². The quantitative estimate of drug-likeness (QED) is 0.810. The molecule has 1 saturated heterocycles. The van der Waals surface area contributed by atoms with Crippen molar-refractivity contribution in [3.05, 3.63) is 18.1 Å². The maximum atomic E-state index is 8.86. The van der Waals surface area contributed by atoms with Gasteiger partial charge in [0.15, 0.2) is 0 Å². The molecule has 0 bridgehead atoms. The fourth-order valence-corrected chi connectivity index (χ4v) is 2.63. The van der Waals surface area contributed by atoms with Gasteiger partial charge in [0, 0.05) is 24.1 Å². The Morgan fingerprint density at radius 1 is 1.53 bits per heavy atom. The number of hydrogen-bond donors (Lipinski definition) is 1. The molecule has 5 heteroatoms. The van der Waals surface area contributed by atoms with Crippen molar-refractivity contribution in [1.29, 1.82) is 0 Å². The van der Waals surface area contributed by atoms with Crippen molar-refractivity contribution in [3.63, 3.8) is 0 Å². The second kappa shape index (κ2) is 4.81. The van der Waals surface area contributed by atoms with Crippen LogP contribution in [0.2, 0.25) is 0 Å². The van der Waals surface area contributed by atoms with Gasteiger partial charge in [0.1, 0.15) is 5.82 Å². The lowest BCUT2D eigenvalue weighted by Crippen LogP contribution is -2.37. The normalized spacial score (nSPS) is 21.7. The Kier molecular flexibility index (Phi) is 3.43. The minimum Gasteiger partial charge on any atom is -0.390 e. The third kappa shape index (κ3) is 2.60. The maximum absolute atomic E-state index is 8.86. The number of hydrogen-bond acceptors (Lipinski definition) is 5. The Balaban J connectivity index is 2.07. The first-order valence-electron chi connectivity index (χ1n) is 5.08. The van der Waals surface area contributed by atoms with E-state index in [0.717, 1.165) is 24.7 Å². The lowest BCUT2D eigenvalue weighted by Gasteiger charge is -2.31. The SMILES string of the molecule is CC1CN(c2cnc(CO)cn2)CCS1. The molecule has 0 amide bonds. The lowest BCUT2D eigenvalue weighted by molar-refractivity contribution is 0.276. The fraction of sp³-hybridized carbons (Fsp3) is 0.600. The molecule has 0 aliphatic carbocycles. The summed E-state index contributed by atoms with van der Waals surface area (Å²) in [4.78, 5) is 10.7. The second-order valence-electron chi connectivity index (χ2n) is 3.65. The zero-order valence-corrected chi connectivity index (χ0v) is 9.57. The molecule has 1 aromatic rings. The van der Waals surface area contributed by atoms with E-state index >= 15 is 0 Å². The van der Waals surface area contributed by atoms with E-state index in [9.17, 15) is 0 Å². The Labute approximate surface area is 93.7 Å². The van der Waals surface area contributed by atoms with Gasteiger partial charge in [0.2, 0.25) is 0 Å². The summed E-state index contributed by atoms with van der Waals surface area (Å²) in [5.74, 6) is 2.06. The smallest absolute Gasteiger partial charge is 0.147 e. The first-order chi connectivity index (χ1) is 7.29. The zero-order valence-electron chi connectivity index (χ0n) is 8.76. The summed E-state index contributed by atoms with van der Waals surface area (Å²) in [7, 11) is 0. The first-order valence-corrected chi connectivity index (χ1v) is 6.13. The molecule has 2 heterocycles. The van der Waals surface area contributed by atoms with E-state index in [0.29, 0.717) is 10.9 Å². The largest absolute Gasteiger partial charge is 0.390 e. The molecule has 1 fully saturated rings. The van der Waals surface area contributed by atoms with E-state index in [2.05, 4.69) is 21.8 Å². The van der Waals surface area contributed by atoms with Crippen molar-refractivity contribution < 1.29 is 5.11 Å². The fourth-order valence-electron chi connectivity index (χ4n) is 1.62. The summed E-state index contributed by atoms with van der Waals surface area (Å²) < 4.78 is 0. The van der Waals surface area contributed by atoms with Crippen LogP contribution in [0.5, 0.6) is 0 Å². The summed E-state index contributed by atoms with van der Waals surface area (Å²) in [6.07, 6.45) is 3.38. The molecular formula is C10H15N3OS. The molecular weight excluding hydrogens is 210 g/mol. The van der Waals surface area contributed by atoms with Crippen molar-refractivity contribution in [2.45, 2.75) is 18.8 Å². The van der Waals surface area contributed by atoms with Crippen LogP contribution in [-0.4, -0.2) is 39.2 Å². The van der Waals surface area contributed by atoms with Gasteiger partial charge >= 0.3 is 0 Å². The summed E-state index contributed by atoms with van der Waals surface area (Å²) in [5.41, 5.74) is 0.623. The molecule has 82 valence electrons. The van der Waals surface area contributed by atoms with E-state index in [1.807, 2.05) is 11.8 Å². The van der Waals surface area contributed by atoms with Gasteiger partial charge in [-0.1, -0.05) is 6.92 Å². The van der Waals surface area contributed by atoms with Gasteiger partial charge in [-0.15, -0.1) is 0 Å². The Morgan fingerprint density at radius 3 is 3.00 bits per heavy atom. The van der Waals surface area contributed by atoms with Gasteiger partial charge in [-0.3, -0.25) is 4.98 Å². The molecule has 0 aromatic carbocycles. The molecule has 0 saturated carbocycles. The summed E-state index contributed by atoms with van der Waals surface area (Å²) in [6, 6.07) is 0. The van der Waals surface area contributed by atoms with Crippen molar-refractivity contribution in [2.24, 2.45) is 0 Å². The maximum Gasteiger partial charge on any atom is 0.147 e. The van der Waals surface area contributed by atoms with Crippen LogP contribution in [0.4, 0.5) is 5.82 Å². The van der Waals surface area contributed by atoms with E-state index in [1.165, 1.54) is 0 Å². The van der Waals surface area contributed by atoms with E-state index in [4.69, 9.17) is 5.11 Å². The van der Waals surface area contributed by atoms with E-state index in [-0.39, 0.29) is 6.61 Å². The Hall–Kier alpha value is -0.810. The minimum absolute atomic E-state index is 0.0421. The Morgan fingerprint density at radius 2 is 2.40 bits per heavy atom. The molecule has 0 spiro atoms. The number of aliphatic hydroxyl groups is 1. The molecule has 0 radical (unpaired) electrons. The second-order valence-corrected chi connectivity index (χ2v) is 5.20. The predicted octanol–water partition coefficient (Wildman–Crippen LogP) is 0.911. The van der Waals surface area contributed by atoms with Crippen LogP contribution >= 0.6 is 11.8 Å². The van der Waals surface area contributed by atoms with Gasteiger partial charge in [-0.05, 0) is 0 Å². The molecule has 1 aliphatic rings. The van der Waals surface area contributed by atoms with Crippen LogP contribution in [0.1, 0.15) is 12.6 Å². The van der Waals surface area contributed by atoms with E-state index in [1.54, 1.807) is 12.4 Å². The number of rotatable bonds is 2. The average molecular weight is 225 g/mol. The highest BCUT2D eigenvalue weighted by molar-refractivity contribution is 8.00. The predicted molar refractivity (Wildman–Crippen MR) is 62.1 cm³/mol. The standard InChI is InChI=1S/C10H15N3OS/c1-8-6-13(2-3-15-8)10-5-11-9(7-14)4-12-10/h4-5,8,14H,2-3,6-7H2,1H3. The third-order valence-corrected chi connectivity index (χ3v) is 3.56. The molecule has 1 N–H and O–H groups in total. The monoisotopic (exact) mass is 225 g/mol. The number of aromatic nitrogens is 2. The number of thioether (sulfide) groups is 1. The average Bonchev–Trinajstić information content (AvgIpc) is 2.29. The lowest BCUT2D eigenvalue weighted by atomic mass is 10.4. The summed E-state index contributed by atoms with van der Waals surface area (Å²) >= 11 is 1.99. The molecule has 1 aliphatic heterocycles. The molecule has 4 nitrogen and oxygen atoms in total. The van der Waals surface area contributed by atoms with Gasteiger partial charge in [-0.2, -0.15) is 11.8 Å². The van der Waals surface area contributed by atoms with Gasteiger partial charge in [-0.25, -0.2) is 4.98 Å². The van der Waals surface area contributed by atoms with Crippen LogP contribution in [0, 0.1) is 0 Å². The molecule has 1 aromatic heterocycles. The molecule has 15 heavy (non-hydrogen) atoms. The van der Waals surface area contributed by atoms with Crippen LogP contribution in [0.3, 0.4) is 0 Å². The van der Waals surface area contributed by atoms with Gasteiger partial charge in [0.25, 0.3) is 0 Å². The number of nitrogens with zero attached hydrogens (tertiary/aromatic N) is 3. The van der Waals surface area contributed by atoms with E-state index < -0.39 is 0 Å². The van der Waals surface area contributed by atoms with Crippen LogP contribution < -0.4 is 4.90 Å². The minimum atomic E-state index is -0.0421.